The molecule has 0 aliphatic heterocycles. The van der Waals surface area contributed by atoms with Gasteiger partial charge in [-0.25, -0.2) is 0 Å². The van der Waals surface area contributed by atoms with Crippen molar-refractivity contribution in [3.05, 3.63) is 29.8 Å². The van der Waals surface area contributed by atoms with Crippen molar-refractivity contribution in [2.75, 3.05) is 6.26 Å². The summed E-state index contributed by atoms with van der Waals surface area (Å²) in [5.41, 5.74) is 0.648. The molecule has 2 rings (SSSR count). The maximum Gasteiger partial charge on any atom is 0.251 e. The van der Waals surface area contributed by atoms with Crippen molar-refractivity contribution in [2.24, 2.45) is 0 Å². The van der Waals surface area contributed by atoms with E-state index in [1.807, 2.05) is 0 Å². The van der Waals surface area contributed by atoms with E-state index in [1.54, 1.807) is 30.5 Å². The summed E-state index contributed by atoms with van der Waals surface area (Å²) in [4.78, 5) is 12.8. The topological polar surface area (TPSA) is 46.2 Å². The molecule has 1 amide bonds. The van der Waals surface area contributed by atoms with E-state index in [0.29, 0.717) is 11.6 Å². The smallest absolute Gasteiger partial charge is 0.251 e. The van der Waals surface area contributed by atoms with Crippen LogP contribution >= 0.6 is 0 Å². The number of nitrogens with one attached hydrogen (secondary N) is 1. The number of rotatable bonds is 3. The first-order chi connectivity index (χ1) is 8.66. The fraction of sp³-hybridized carbons (Fsp3) is 0.500. The van der Waals surface area contributed by atoms with E-state index in [0.717, 1.165) is 17.7 Å². The molecule has 18 heavy (non-hydrogen) atoms. The SMILES string of the molecule is CS(=O)c1ccc(C(=O)NC2CCCCC2)cc1. The lowest BCUT2D eigenvalue weighted by Gasteiger charge is -2.22. The van der Waals surface area contributed by atoms with Gasteiger partial charge in [-0.3, -0.25) is 9.00 Å². The summed E-state index contributed by atoms with van der Waals surface area (Å²) in [6.45, 7) is 0. The van der Waals surface area contributed by atoms with Crippen LogP contribution in [-0.2, 0) is 10.8 Å². The van der Waals surface area contributed by atoms with Crippen LogP contribution in [0.25, 0.3) is 0 Å². The lowest BCUT2D eigenvalue weighted by atomic mass is 9.95. The van der Waals surface area contributed by atoms with Gasteiger partial charge in [-0.1, -0.05) is 19.3 Å². The predicted molar refractivity (Wildman–Crippen MR) is 73.1 cm³/mol. The summed E-state index contributed by atoms with van der Waals surface area (Å²) in [6, 6.07) is 7.33. The third kappa shape index (κ3) is 3.42. The Labute approximate surface area is 110 Å². The lowest BCUT2D eigenvalue weighted by molar-refractivity contribution is 0.0927. The van der Waals surface area contributed by atoms with Crippen molar-refractivity contribution >= 4 is 16.7 Å². The Morgan fingerprint density at radius 1 is 1.17 bits per heavy atom. The number of carbonyl (C=O) groups excluding carboxylic acids is 1. The molecule has 4 heteroatoms. The molecule has 1 saturated carbocycles. The van der Waals surface area contributed by atoms with Crippen LogP contribution in [0.1, 0.15) is 42.5 Å². The van der Waals surface area contributed by atoms with Gasteiger partial charge >= 0.3 is 0 Å². The van der Waals surface area contributed by atoms with Crippen LogP contribution in [0, 0.1) is 0 Å². The molecular formula is C14H19NO2S. The average molecular weight is 265 g/mol. The summed E-state index contributed by atoms with van der Waals surface area (Å²) >= 11 is 0. The third-order valence-electron chi connectivity index (χ3n) is 3.39. The van der Waals surface area contributed by atoms with Crippen molar-refractivity contribution in [1.82, 2.24) is 5.32 Å². The normalized spacial score (nSPS) is 18.3. The molecule has 1 aromatic rings. The molecule has 1 N–H and O–H groups in total. The van der Waals surface area contributed by atoms with E-state index in [9.17, 15) is 9.00 Å². The maximum atomic E-state index is 12.0. The first kappa shape index (κ1) is 13.3. The number of carbonyl (C=O) groups is 1. The van der Waals surface area contributed by atoms with Crippen molar-refractivity contribution in [3.8, 4) is 0 Å². The standard InChI is InChI=1S/C14H19NO2S/c1-18(17)13-9-7-11(8-10-13)14(16)15-12-5-3-2-4-6-12/h7-10,12H,2-6H2,1H3,(H,15,16). The van der Waals surface area contributed by atoms with Crippen LogP contribution in [0.15, 0.2) is 29.2 Å². The fourth-order valence-electron chi connectivity index (χ4n) is 2.31. The third-order valence-corrected chi connectivity index (χ3v) is 4.32. The lowest BCUT2D eigenvalue weighted by Crippen LogP contribution is -2.36. The molecule has 1 atom stereocenters. The van der Waals surface area contributed by atoms with E-state index in [-0.39, 0.29) is 5.91 Å². The molecule has 1 unspecified atom stereocenters. The van der Waals surface area contributed by atoms with Crippen molar-refractivity contribution in [2.45, 2.75) is 43.0 Å². The molecule has 1 aromatic carbocycles. The van der Waals surface area contributed by atoms with Gasteiger partial charge in [-0.05, 0) is 37.1 Å². The predicted octanol–water partition coefficient (Wildman–Crippen LogP) is 2.49. The van der Waals surface area contributed by atoms with Crippen molar-refractivity contribution < 1.29 is 9.00 Å². The zero-order valence-electron chi connectivity index (χ0n) is 10.6. The minimum atomic E-state index is -0.988. The van der Waals surface area contributed by atoms with Crippen LogP contribution in [0.3, 0.4) is 0 Å². The molecule has 1 aliphatic carbocycles. The van der Waals surface area contributed by atoms with Crippen LogP contribution in [0.2, 0.25) is 0 Å². The molecule has 3 nitrogen and oxygen atoms in total. The highest BCUT2D eigenvalue weighted by Crippen LogP contribution is 2.18. The fourth-order valence-corrected chi connectivity index (χ4v) is 2.83. The first-order valence-electron chi connectivity index (χ1n) is 6.41. The van der Waals surface area contributed by atoms with Gasteiger partial charge in [0.2, 0.25) is 0 Å². The van der Waals surface area contributed by atoms with Gasteiger partial charge < -0.3 is 5.32 Å². The van der Waals surface area contributed by atoms with Gasteiger partial charge in [0.15, 0.2) is 0 Å². The molecule has 98 valence electrons. The average Bonchev–Trinajstić information content (AvgIpc) is 2.40. The van der Waals surface area contributed by atoms with Gasteiger partial charge in [-0.15, -0.1) is 0 Å². The van der Waals surface area contributed by atoms with E-state index in [1.165, 1.54) is 19.3 Å². The van der Waals surface area contributed by atoms with Gasteiger partial charge in [0, 0.05) is 33.6 Å². The number of amides is 1. The molecule has 0 aromatic heterocycles. The van der Waals surface area contributed by atoms with Crippen molar-refractivity contribution in [1.29, 1.82) is 0 Å². The molecule has 0 radical (unpaired) electrons. The largest absolute Gasteiger partial charge is 0.349 e. The van der Waals surface area contributed by atoms with E-state index in [2.05, 4.69) is 5.32 Å². The highest BCUT2D eigenvalue weighted by Gasteiger charge is 2.16. The van der Waals surface area contributed by atoms with Crippen LogP contribution in [-0.4, -0.2) is 22.4 Å². The van der Waals surface area contributed by atoms with Gasteiger partial charge in [0.1, 0.15) is 0 Å². The Hall–Kier alpha value is -1.16. The molecule has 1 aliphatic rings. The quantitative estimate of drug-likeness (QED) is 0.912. The Morgan fingerprint density at radius 3 is 2.33 bits per heavy atom. The van der Waals surface area contributed by atoms with Gasteiger partial charge in [0.05, 0.1) is 0 Å². The summed E-state index contributed by atoms with van der Waals surface area (Å²) in [5, 5.41) is 3.07. The van der Waals surface area contributed by atoms with E-state index in [4.69, 9.17) is 0 Å². The summed E-state index contributed by atoms with van der Waals surface area (Å²) in [5.74, 6) is -0.0182. The highest BCUT2D eigenvalue weighted by molar-refractivity contribution is 7.84. The number of hydrogen-bond donors (Lipinski definition) is 1. The summed E-state index contributed by atoms with van der Waals surface area (Å²) in [7, 11) is -0.988. The number of hydrogen-bond acceptors (Lipinski definition) is 2. The van der Waals surface area contributed by atoms with Gasteiger partial charge in [-0.2, -0.15) is 0 Å². The summed E-state index contributed by atoms with van der Waals surface area (Å²) in [6.07, 6.45) is 7.50. The zero-order valence-corrected chi connectivity index (χ0v) is 11.5. The minimum Gasteiger partial charge on any atom is -0.349 e. The molecular weight excluding hydrogens is 246 g/mol. The monoisotopic (exact) mass is 265 g/mol. The van der Waals surface area contributed by atoms with E-state index >= 15 is 0 Å². The van der Waals surface area contributed by atoms with Crippen LogP contribution in [0.5, 0.6) is 0 Å². The molecule has 1 fully saturated rings. The van der Waals surface area contributed by atoms with Crippen molar-refractivity contribution in [3.63, 3.8) is 0 Å². The van der Waals surface area contributed by atoms with Crippen LogP contribution in [0.4, 0.5) is 0 Å². The van der Waals surface area contributed by atoms with Crippen LogP contribution < -0.4 is 5.32 Å². The Morgan fingerprint density at radius 2 is 1.78 bits per heavy atom. The first-order valence-corrected chi connectivity index (χ1v) is 7.97. The Kier molecular flexibility index (Phi) is 4.53. The molecule has 0 saturated heterocycles. The zero-order chi connectivity index (χ0) is 13.0. The Bertz CT molecular complexity index is 436. The highest BCUT2D eigenvalue weighted by atomic mass is 32.2. The minimum absolute atomic E-state index is 0.0182. The number of benzene rings is 1. The summed E-state index contributed by atoms with van der Waals surface area (Å²) < 4.78 is 11.3. The van der Waals surface area contributed by atoms with E-state index < -0.39 is 10.8 Å². The molecule has 0 bridgehead atoms. The second-order valence-corrected chi connectivity index (χ2v) is 6.17. The second-order valence-electron chi connectivity index (χ2n) is 4.79. The Balaban J connectivity index is 1.97. The molecule has 0 heterocycles. The second kappa shape index (κ2) is 6.14. The van der Waals surface area contributed by atoms with Gasteiger partial charge in [0.25, 0.3) is 5.91 Å². The maximum absolute atomic E-state index is 12.0. The molecule has 0 spiro atoms.